The van der Waals surface area contributed by atoms with E-state index in [4.69, 9.17) is 0 Å². The van der Waals surface area contributed by atoms with Crippen molar-refractivity contribution in [1.82, 2.24) is 9.44 Å². The van der Waals surface area contributed by atoms with Crippen molar-refractivity contribution < 1.29 is 16.8 Å². The summed E-state index contributed by atoms with van der Waals surface area (Å²) in [6.07, 6.45) is 0. The van der Waals surface area contributed by atoms with Crippen LogP contribution < -0.4 is 9.44 Å². The summed E-state index contributed by atoms with van der Waals surface area (Å²) in [7, 11) is -7.36. The molecule has 0 aliphatic carbocycles. The van der Waals surface area contributed by atoms with Crippen LogP contribution in [0.15, 0.2) is 64.4 Å². The van der Waals surface area contributed by atoms with Crippen molar-refractivity contribution in [3.05, 3.63) is 60.2 Å². The van der Waals surface area contributed by atoms with E-state index >= 15 is 0 Å². The maximum atomic E-state index is 12.2. The summed E-state index contributed by atoms with van der Waals surface area (Å²) >= 11 is 0. The van der Waals surface area contributed by atoms with Crippen LogP contribution in [-0.2, 0) is 20.0 Å². The molecule has 2 N–H and O–H groups in total. The quantitative estimate of drug-likeness (QED) is 0.777. The van der Waals surface area contributed by atoms with E-state index in [0.717, 1.165) is 5.56 Å². The van der Waals surface area contributed by atoms with Crippen LogP contribution in [0.2, 0.25) is 0 Å². The topological polar surface area (TPSA) is 92.3 Å². The van der Waals surface area contributed by atoms with E-state index in [9.17, 15) is 16.8 Å². The van der Waals surface area contributed by atoms with Gasteiger partial charge in [-0.15, -0.1) is 0 Å². The maximum Gasteiger partial charge on any atom is 0.240 e. The van der Waals surface area contributed by atoms with Crippen molar-refractivity contribution >= 4 is 20.0 Å². The molecule has 0 saturated carbocycles. The maximum absolute atomic E-state index is 12.2. The van der Waals surface area contributed by atoms with Gasteiger partial charge in [-0.1, -0.05) is 35.9 Å². The molecule has 0 aromatic heterocycles. The van der Waals surface area contributed by atoms with E-state index in [1.54, 1.807) is 37.3 Å². The van der Waals surface area contributed by atoms with Gasteiger partial charge in [0, 0.05) is 12.6 Å². The molecule has 0 heterocycles. The molecule has 1 atom stereocenters. The second-order valence-corrected chi connectivity index (χ2v) is 8.98. The van der Waals surface area contributed by atoms with Crippen molar-refractivity contribution in [2.45, 2.75) is 29.7 Å². The Morgan fingerprint density at radius 3 is 1.96 bits per heavy atom. The fraction of sp³-hybridized carbons (Fsp3) is 0.250. The number of hydrogen-bond acceptors (Lipinski definition) is 4. The van der Waals surface area contributed by atoms with Crippen LogP contribution in [0.4, 0.5) is 0 Å². The molecule has 0 radical (unpaired) electrons. The first-order chi connectivity index (χ1) is 11.2. The van der Waals surface area contributed by atoms with E-state index in [1.807, 2.05) is 6.92 Å². The first-order valence-corrected chi connectivity index (χ1v) is 10.3. The Labute approximate surface area is 143 Å². The third kappa shape index (κ3) is 4.88. The van der Waals surface area contributed by atoms with E-state index in [-0.39, 0.29) is 16.3 Å². The molecule has 0 amide bonds. The minimum Gasteiger partial charge on any atom is -0.210 e. The van der Waals surface area contributed by atoms with Crippen LogP contribution >= 0.6 is 0 Å². The molecule has 0 aliphatic rings. The highest BCUT2D eigenvalue weighted by Crippen LogP contribution is 2.10. The van der Waals surface area contributed by atoms with Gasteiger partial charge in [0.1, 0.15) is 0 Å². The molecule has 6 nitrogen and oxygen atoms in total. The van der Waals surface area contributed by atoms with Crippen LogP contribution in [-0.4, -0.2) is 29.4 Å². The van der Waals surface area contributed by atoms with Crippen molar-refractivity contribution in [3.63, 3.8) is 0 Å². The largest absolute Gasteiger partial charge is 0.240 e. The number of benzene rings is 2. The molecule has 2 aromatic carbocycles. The lowest BCUT2D eigenvalue weighted by atomic mass is 10.2. The van der Waals surface area contributed by atoms with Gasteiger partial charge in [0.05, 0.1) is 9.79 Å². The second kappa shape index (κ2) is 7.43. The Bertz CT molecular complexity index is 877. The highest BCUT2D eigenvalue weighted by Gasteiger charge is 2.19. The summed E-state index contributed by atoms with van der Waals surface area (Å²) in [4.78, 5) is 0.282. The molecule has 130 valence electrons. The minimum absolute atomic E-state index is 0.0533. The second-order valence-electron chi connectivity index (χ2n) is 5.50. The summed E-state index contributed by atoms with van der Waals surface area (Å²) in [6, 6.07) is 13.8. The molecular formula is C16H20N2O4S2. The molecule has 0 bridgehead atoms. The first-order valence-electron chi connectivity index (χ1n) is 7.34. The first kappa shape index (κ1) is 18.6. The fourth-order valence-corrected chi connectivity index (χ4v) is 4.40. The van der Waals surface area contributed by atoms with Crippen molar-refractivity contribution in [3.8, 4) is 0 Å². The summed E-state index contributed by atoms with van der Waals surface area (Å²) < 4.78 is 53.6. The van der Waals surface area contributed by atoms with Gasteiger partial charge in [-0.3, -0.25) is 0 Å². The lowest BCUT2D eigenvalue weighted by Crippen LogP contribution is -2.41. The van der Waals surface area contributed by atoms with Gasteiger partial charge in [-0.05, 0) is 38.1 Å². The molecule has 0 unspecified atom stereocenters. The summed E-state index contributed by atoms with van der Waals surface area (Å²) in [5, 5.41) is 0. The number of hydrogen-bond donors (Lipinski definition) is 2. The molecule has 24 heavy (non-hydrogen) atoms. The Morgan fingerprint density at radius 2 is 1.38 bits per heavy atom. The molecule has 2 aromatic rings. The Hall–Kier alpha value is -1.74. The predicted molar refractivity (Wildman–Crippen MR) is 92.6 cm³/mol. The van der Waals surface area contributed by atoms with Gasteiger partial charge in [0.2, 0.25) is 20.0 Å². The van der Waals surface area contributed by atoms with Gasteiger partial charge in [-0.25, -0.2) is 26.3 Å². The Morgan fingerprint density at radius 1 is 0.833 bits per heavy atom. The average molecular weight is 368 g/mol. The number of aryl methyl sites for hydroxylation is 1. The van der Waals surface area contributed by atoms with Gasteiger partial charge in [0.25, 0.3) is 0 Å². The average Bonchev–Trinajstić information content (AvgIpc) is 2.54. The number of rotatable bonds is 7. The van der Waals surface area contributed by atoms with Crippen LogP contribution in [0, 0.1) is 6.92 Å². The zero-order valence-corrected chi connectivity index (χ0v) is 15.1. The summed E-state index contributed by atoms with van der Waals surface area (Å²) in [5.41, 5.74) is 0.956. The Balaban J connectivity index is 2.00. The monoisotopic (exact) mass is 368 g/mol. The third-order valence-electron chi connectivity index (χ3n) is 3.32. The summed E-state index contributed by atoms with van der Waals surface area (Å²) in [6.45, 7) is 3.41. The molecule has 0 spiro atoms. The van der Waals surface area contributed by atoms with Crippen LogP contribution in [0.25, 0.3) is 0 Å². The van der Waals surface area contributed by atoms with Crippen molar-refractivity contribution in [2.75, 3.05) is 6.54 Å². The van der Waals surface area contributed by atoms with Gasteiger partial charge < -0.3 is 0 Å². The molecule has 0 saturated heterocycles. The number of sulfonamides is 2. The standard InChI is InChI=1S/C16H20N2O4S2/c1-13-8-10-16(11-9-13)23(19,20)17-12-14(2)18-24(21,22)15-6-4-3-5-7-15/h3-11,14,17-18H,12H2,1-2H3/t14-/m1/s1. The van der Waals surface area contributed by atoms with E-state index in [2.05, 4.69) is 9.44 Å². The fourth-order valence-electron chi connectivity index (χ4n) is 2.01. The van der Waals surface area contributed by atoms with Crippen LogP contribution in [0.1, 0.15) is 12.5 Å². The smallest absolute Gasteiger partial charge is 0.210 e. The van der Waals surface area contributed by atoms with Gasteiger partial charge >= 0.3 is 0 Å². The summed E-state index contributed by atoms with van der Waals surface area (Å²) in [5.74, 6) is 0. The van der Waals surface area contributed by atoms with E-state index in [1.165, 1.54) is 24.3 Å². The van der Waals surface area contributed by atoms with Gasteiger partial charge in [0.15, 0.2) is 0 Å². The lowest BCUT2D eigenvalue weighted by molar-refractivity contribution is 0.545. The molecule has 0 fully saturated rings. The SMILES string of the molecule is Cc1ccc(S(=O)(=O)NC[C@@H](C)NS(=O)(=O)c2ccccc2)cc1. The normalized spacial score (nSPS) is 13.6. The van der Waals surface area contributed by atoms with E-state index < -0.39 is 26.1 Å². The lowest BCUT2D eigenvalue weighted by Gasteiger charge is -2.15. The zero-order chi connectivity index (χ0) is 17.8. The molecule has 0 aliphatic heterocycles. The molecular weight excluding hydrogens is 348 g/mol. The molecule has 8 heteroatoms. The highest BCUT2D eigenvalue weighted by molar-refractivity contribution is 7.90. The van der Waals surface area contributed by atoms with Crippen LogP contribution in [0.5, 0.6) is 0 Å². The van der Waals surface area contributed by atoms with Gasteiger partial charge in [-0.2, -0.15) is 0 Å². The van der Waals surface area contributed by atoms with Crippen molar-refractivity contribution in [2.24, 2.45) is 0 Å². The van der Waals surface area contributed by atoms with E-state index in [0.29, 0.717) is 0 Å². The number of nitrogens with one attached hydrogen (secondary N) is 2. The predicted octanol–water partition coefficient (Wildman–Crippen LogP) is 1.64. The zero-order valence-electron chi connectivity index (χ0n) is 13.4. The van der Waals surface area contributed by atoms with Crippen molar-refractivity contribution in [1.29, 1.82) is 0 Å². The minimum atomic E-state index is -3.68. The highest BCUT2D eigenvalue weighted by atomic mass is 32.2. The molecule has 2 rings (SSSR count). The Kier molecular flexibility index (Phi) is 5.76. The third-order valence-corrected chi connectivity index (χ3v) is 6.37. The van der Waals surface area contributed by atoms with Crippen LogP contribution in [0.3, 0.4) is 0 Å².